The molecule has 7 heteroatoms. The third-order valence-electron chi connectivity index (χ3n) is 4.62. The van der Waals surface area contributed by atoms with Crippen molar-refractivity contribution in [2.24, 2.45) is 5.92 Å². The Hall–Kier alpha value is -2.44. The highest BCUT2D eigenvalue weighted by molar-refractivity contribution is 5.75. The summed E-state index contributed by atoms with van der Waals surface area (Å²) in [5, 5.41) is 14.9. The number of urea groups is 1. The first-order valence-corrected chi connectivity index (χ1v) is 8.47. The number of likely N-dealkylation sites (tertiary alicyclic amines) is 1. The van der Waals surface area contributed by atoms with E-state index in [4.69, 9.17) is 0 Å². The Labute approximate surface area is 142 Å². The molecule has 1 aliphatic rings. The average molecular weight is 328 g/mol. The molecule has 3 atom stereocenters. The number of hydrogen-bond acceptors (Lipinski definition) is 4. The van der Waals surface area contributed by atoms with E-state index in [0.717, 1.165) is 25.1 Å². The fraction of sp³-hybridized carbons (Fsp3) is 0.529. The number of carbonyl (C=O) groups excluding carboxylic acids is 1. The van der Waals surface area contributed by atoms with Gasteiger partial charge >= 0.3 is 6.03 Å². The van der Waals surface area contributed by atoms with Gasteiger partial charge in [-0.05, 0) is 55.2 Å². The van der Waals surface area contributed by atoms with E-state index in [9.17, 15) is 4.79 Å². The van der Waals surface area contributed by atoms with Gasteiger partial charge in [0.1, 0.15) is 0 Å². The maximum atomic E-state index is 12.6. The lowest BCUT2D eigenvalue weighted by atomic mass is 9.94. The van der Waals surface area contributed by atoms with Gasteiger partial charge in [-0.1, -0.05) is 25.1 Å². The summed E-state index contributed by atoms with van der Waals surface area (Å²) in [6.07, 6.45) is 2.09. The summed E-state index contributed by atoms with van der Waals surface area (Å²) in [6.45, 7) is 7.04. The maximum Gasteiger partial charge on any atom is 0.318 e. The van der Waals surface area contributed by atoms with Crippen LogP contribution in [0.2, 0.25) is 0 Å². The van der Waals surface area contributed by atoms with Crippen LogP contribution in [0.1, 0.15) is 45.5 Å². The van der Waals surface area contributed by atoms with Gasteiger partial charge in [-0.2, -0.15) is 4.68 Å². The van der Waals surface area contributed by atoms with Crippen molar-refractivity contribution in [2.75, 3.05) is 6.54 Å². The van der Waals surface area contributed by atoms with Gasteiger partial charge in [0.2, 0.25) is 0 Å². The number of para-hydroxylation sites is 1. The lowest BCUT2D eigenvalue weighted by molar-refractivity contribution is 0.137. The molecule has 2 amide bonds. The van der Waals surface area contributed by atoms with Crippen molar-refractivity contribution in [3.05, 3.63) is 36.2 Å². The molecule has 2 heterocycles. The number of carbonyl (C=O) groups is 1. The highest BCUT2D eigenvalue weighted by atomic mass is 16.2. The summed E-state index contributed by atoms with van der Waals surface area (Å²) >= 11 is 0. The number of hydrogen-bond donors (Lipinski definition) is 1. The zero-order valence-corrected chi connectivity index (χ0v) is 14.4. The molecule has 128 valence electrons. The second-order valence-electron chi connectivity index (χ2n) is 6.63. The molecule has 0 radical (unpaired) electrons. The number of piperidine rings is 1. The molecule has 0 unspecified atom stereocenters. The normalized spacial score (nSPS) is 22.2. The summed E-state index contributed by atoms with van der Waals surface area (Å²) in [4.78, 5) is 14.5. The third-order valence-corrected chi connectivity index (χ3v) is 4.62. The van der Waals surface area contributed by atoms with Gasteiger partial charge < -0.3 is 10.2 Å². The van der Waals surface area contributed by atoms with E-state index in [-0.39, 0.29) is 18.1 Å². The number of aromatic nitrogens is 4. The van der Waals surface area contributed by atoms with Crippen LogP contribution in [0.15, 0.2) is 30.3 Å². The molecular formula is C17H24N6O. The van der Waals surface area contributed by atoms with Crippen molar-refractivity contribution in [1.82, 2.24) is 30.4 Å². The van der Waals surface area contributed by atoms with Crippen LogP contribution in [-0.2, 0) is 0 Å². The first-order chi connectivity index (χ1) is 11.6. The van der Waals surface area contributed by atoms with Crippen molar-refractivity contribution in [2.45, 2.75) is 45.7 Å². The van der Waals surface area contributed by atoms with Gasteiger partial charge in [0.25, 0.3) is 0 Å². The lowest BCUT2D eigenvalue weighted by Gasteiger charge is -2.37. The Bertz CT molecular complexity index is 685. The van der Waals surface area contributed by atoms with Gasteiger partial charge in [-0.3, -0.25) is 0 Å². The minimum absolute atomic E-state index is 0.0514. The SMILES string of the molecule is C[C@@H]1CCN(C(=O)N[C@@H](C)c2nnnn2-c2ccccc2)[C@@H](C)C1. The lowest BCUT2D eigenvalue weighted by Crippen LogP contribution is -2.49. The van der Waals surface area contributed by atoms with E-state index in [0.29, 0.717) is 11.7 Å². The molecule has 3 rings (SSSR count). The molecule has 1 aromatic carbocycles. The summed E-state index contributed by atoms with van der Waals surface area (Å²) in [7, 11) is 0. The summed E-state index contributed by atoms with van der Waals surface area (Å²) in [5.74, 6) is 1.29. The molecule has 2 aromatic rings. The smallest absolute Gasteiger partial charge is 0.318 e. The van der Waals surface area contributed by atoms with E-state index in [1.807, 2.05) is 42.2 Å². The molecule has 1 fully saturated rings. The van der Waals surface area contributed by atoms with Crippen molar-refractivity contribution < 1.29 is 4.79 Å². The predicted octanol–water partition coefficient (Wildman–Crippen LogP) is 2.55. The zero-order chi connectivity index (χ0) is 17.1. The van der Waals surface area contributed by atoms with Crippen molar-refractivity contribution in [3.63, 3.8) is 0 Å². The van der Waals surface area contributed by atoms with Crippen LogP contribution in [0, 0.1) is 5.92 Å². The van der Waals surface area contributed by atoms with Crippen molar-refractivity contribution in [3.8, 4) is 5.69 Å². The largest absolute Gasteiger partial charge is 0.328 e. The number of nitrogens with one attached hydrogen (secondary N) is 1. The second-order valence-corrected chi connectivity index (χ2v) is 6.63. The van der Waals surface area contributed by atoms with E-state index >= 15 is 0 Å². The van der Waals surface area contributed by atoms with E-state index < -0.39 is 0 Å². The minimum atomic E-state index is -0.278. The molecule has 24 heavy (non-hydrogen) atoms. The number of benzene rings is 1. The van der Waals surface area contributed by atoms with Gasteiger partial charge in [0.15, 0.2) is 5.82 Å². The van der Waals surface area contributed by atoms with Gasteiger partial charge in [0, 0.05) is 12.6 Å². The van der Waals surface area contributed by atoms with Crippen LogP contribution in [0.4, 0.5) is 4.79 Å². The van der Waals surface area contributed by atoms with Crippen LogP contribution in [0.3, 0.4) is 0 Å². The van der Waals surface area contributed by atoms with Crippen LogP contribution in [-0.4, -0.2) is 43.7 Å². The van der Waals surface area contributed by atoms with E-state index in [1.54, 1.807) is 4.68 Å². The molecule has 1 saturated heterocycles. The van der Waals surface area contributed by atoms with E-state index in [1.165, 1.54) is 0 Å². The fourth-order valence-electron chi connectivity index (χ4n) is 3.26. The van der Waals surface area contributed by atoms with Crippen LogP contribution in [0.25, 0.3) is 5.69 Å². The average Bonchev–Trinajstić information content (AvgIpc) is 3.05. The third kappa shape index (κ3) is 3.39. The Morgan fingerprint density at radius 2 is 2.04 bits per heavy atom. The topological polar surface area (TPSA) is 75.9 Å². The first kappa shape index (κ1) is 16.4. The summed E-state index contributed by atoms with van der Waals surface area (Å²) in [5.41, 5.74) is 0.874. The first-order valence-electron chi connectivity index (χ1n) is 8.47. The van der Waals surface area contributed by atoms with Crippen LogP contribution in [0.5, 0.6) is 0 Å². The summed E-state index contributed by atoms with van der Waals surface area (Å²) < 4.78 is 1.66. The fourth-order valence-corrected chi connectivity index (χ4v) is 3.26. The molecule has 7 nitrogen and oxygen atoms in total. The number of nitrogens with zero attached hydrogens (tertiary/aromatic N) is 5. The molecule has 0 spiro atoms. The second kappa shape index (κ2) is 6.98. The Balaban J connectivity index is 1.71. The highest BCUT2D eigenvalue weighted by Crippen LogP contribution is 2.23. The Kier molecular flexibility index (Phi) is 4.78. The Morgan fingerprint density at radius 3 is 2.75 bits per heavy atom. The molecule has 0 bridgehead atoms. The molecule has 0 saturated carbocycles. The van der Waals surface area contributed by atoms with Gasteiger partial charge in [-0.15, -0.1) is 5.10 Å². The summed E-state index contributed by atoms with van der Waals surface area (Å²) in [6, 6.07) is 9.60. The number of rotatable bonds is 3. The molecule has 1 aromatic heterocycles. The maximum absolute atomic E-state index is 12.6. The minimum Gasteiger partial charge on any atom is -0.328 e. The van der Waals surface area contributed by atoms with Gasteiger partial charge in [-0.25, -0.2) is 4.79 Å². The molecule has 0 aliphatic carbocycles. The van der Waals surface area contributed by atoms with Gasteiger partial charge in [0.05, 0.1) is 11.7 Å². The molecule has 1 N–H and O–H groups in total. The molecular weight excluding hydrogens is 304 g/mol. The van der Waals surface area contributed by atoms with Crippen molar-refractivity contribution >= 4 is 6.03 Å². The molecule has 1 aliphatic heterocycles. The standard InChI is InChI=1S/C17H24N6O/c1-12-9-10-22(13(2)11-12)17(24)18-14(3)16-19-20-21-23(16)15-7-5-4-6-8-15/h4-8,12-14H,9-11H2,1-3H3,(H,18,24)/t12-,13+,14+/m1/s1. The van der Waals surface area contributed by atoms with Crippen molar-refractivity contribution in [1.29, 1.82) is 0 Å². The highest BCUT2D eigenvalue weighted by Gasteiger charge is 2.28. The zero-order valence-electron chi connectivity index (χ0n) is 14.4. The number of amides is 2. The predicted molar refractivity (Wildman–Crippen MR) is 90.7 cm³/mol. The van der Waals surface area contributed by atoms with E-state index in [2.05, 4.69) is 34.7 Å². The Morgan fingerprint density at radius 1 is 1.29 bits per heavy atom. The van der Waals surface area contributed by atoms with Crippen LogP contribution >= 0.6 is 0 Å². The monoisotopic (exact) mass is 328 g/mol. The number of tetrazole rings is 1. The quantitative estimate of drug-likeness (QED) is 0.939. The van der Waals surface area contributed by atoms with Crippen LogP contribution < -0.4 is 5.32 Å².